The Morgan fingerprint density at radius 3 is 2.83 bits per heavy atom. The number of rotatable bonds is 5. The minimum absolute atomic E-state index is 0.0513. The molecule has 24 heavy (non-hydrogen) atoms. The Morgan fingerprint density at radius 1 is 1.38 bits per heavy atom. The van der Waals surface area contributed by atoms with Crippen LogP contribution in [0.1, 0.15) is 49.2 Å². The molecule has 0 aliphatic carbocycles. The van der Waals surface area contributed by atoms with Gasteiger partial charge >= 0.3 is 0 Å². The van der Waals surface area contributed by atoms with Crippen molar-refractivity contribution in [1.82, 2.24) is 24.9 Å². The molecule has 3 rings (SSSR count). The summed E-state index contributed by atoms with van der Waals surface area (Å²) in [6.45, 7) is 6.67. The first-order valence-electron chi connectivity index (χ1n) is 8.40. The molecule has 0 aromatic carbocycles. The van der Waals surface area contributed by atoms with Gasteiger partial charge in [-0.3, -0.25) is 14.7 Å². The molecule has 0 saturated carbocycles. The molecule has 8 heteroatoms. The number of H-pyrrole nitrogens is 1. The minimum Gasteiger partial charge on any atom is -0.290 e. The van der Waals surface area contributed by atoms with E-state index >= 15 is 0 Å². The maximum absolute atomic E-state index is 12.0. The van der Waals surface area contributed by atoms with Crippen LogP contribution in [0.5, 0.6) is 0 Å². The molecule has 0 spiro atoms. The highest BCUT2D eigenvalue weighted by Crippen LogP contribution is 2.34. The molecule has 2 aromatic heterocycles. The smallest absolute Gasteiger partial charge is 0.178 e. The zero-order chi connectivity index (χ0) is 17.3. The third kappa shape index (κ3) is 3.39. The molecule has 7 nitrogen and oxygen atoms in total. The fraction of sp³-hybridized carbons (Fsp3) is 0.625. The monoisotopic (exact) mass is 351 g/mol. The Kier molecular flexibility index (Phi) is 4.78. The molecule has 1 fully saturated rings. The lowest BCUT2D eigenvalue weighted by Gasteiger charge is -2.35. The molecule has 1 aliphatic rings. The van der Waals surface area contributed by atoms with Gasteiger partial charge in [0.1, 0.15) is 4.90 Å². The normalized spacial score (nSPS) is 19.7. The number of hydrogen-bond donors (Lipinski definition) is 1. The van der Waals surface area contributed by atoms with E-state index in [1.165, 1.54) is 18.0 Å². The second kappa shape index (κ2) is 6.68. The number of hydrogen-bond acceptors (Lipinski definition) is 5. The molecular weight excluding hydrogens is 326 g/mol. The van der Waals surface area contributed by atoms with Gasteiger partial charge in [0.25, 0.3) is 0 Å². The summed E-state index contributed by atoms with van der Waals surface area (Å²) < 4.78 is 26.0. The summed E-state index contributed by atoms with van der Waals surface area (Å²) >= 11 is 0. The maximum atomic E-state index is 12.0. The summed E-state index contributed by atoms with van der Waals surface area (Å²) in [5, 5.41) is 11.4. The maximum Gasteiger partial charge on any atom is 0.178 e. The molecule has 1 aliphatic heterocycles. The van der Waals surface area contributed by atoms with Crippen molar-refractivity contribution in [1.29, 1.82) is 0 Å². The number of sulfone groups is 1. The summed E-state index contributed by atoms with van der Waals surface area (Å²) in [6.07, 6.45) is 7.91. The first-order chi connectivity index (χ1) is 11.4. The van der Waals surface area contributed by atoms with Crippen LogP contribution in [0.4, 0.5) is 0 Å². The van der Waals surface area contributed by atoms with Crippen LogP contribution in [0.15, 0.2) is 17.3 Å². The second-order valence-corrected chi connectivity index (χ2v) is 8.48. The van der Waals surface area contributed by atoms with Crippen LogP contribution in [0.3, 0.4) is 0 Å². The van der Waals surface area contributed by atoms with Gasteiger partial charge in [0.2, 0.25) is 0 Å². The average Bonchev–Trinajstić information content (AvgIpc) is 3.15. The van der Waals surface area contributed by atoms with E-state index in [1.54, 1.807) is 0 Å². The first-order valence-corrected chi connectivity index (χ1v) is 10.3. The van der Waals surface area contributed by atoms with Crippen LogP contribution in [0.2, 0.25) is 0 Å². The largest absolute Gasteiger partial charge is 0.290 e. The van der Waals surface area contributed by atoms with E-state index in [9.17, 15) is 8.42 Å². The van der Waals surface area contributed by atoms with Crippen LogP contribution in [0, 0.1) is 6.92 Å². The number of piperidine rings is 1. The third-order valence-electron chi connectivity index (χ3n) is 4.72. The Bertz CT molecular complexity index is 808. The number of aromatic amines is 1. The number of likely N-dealkylation sites (tertiary alicyclic amines) is 1. The van der Waals surface area contributed by atoms with Gasteiger partial charge in [0.05, 0.1) is 23.6 Å². The average molecular weight is 351 g/mol. The Hall–Kier alpha value is -1.67. The SMILES string of the molecule is CCn1cc(CN2CCCC[C@@H]2c2[nH]ncc2S(C)(=O)=O)c(C)n1. The molecule has 0 unspecified atom stereocenters. The second-order valence-electron chi connectivity index (χ2n) is 6.50. The lowest BCUT2D eigenvalue weighted by molar-refractivity contribution is 0.135. The topological polar surface area (TPSA) is 83.9 Å². The lowest BCUT2D eigenvalue weighted by atomic mass is 9.98. The van der Waals surface area contributed by atoms with Crippen molar-refractivity contribution in [3.05, 3.63) is 29.3 Å². The first kappa shape index (κ1) is 17.2. The van der Waals surface area contributed by atoms with Crippen molar-refractivity contribution in [2.45, 2.75) is 57.1 Å². The number of aryl methyl sites for hydroxylation is 2. The van der Waals surface area contributed by atoms with Gasteiger partial charge in [-0.05, 0) is 33.2 Å². The highest BCUT2D eigenvalue weighted by Gasteiger charge is 2.30. The summed E-state index contributed by atoms with van der Waals surface area (Å²) in [5.41, 5.74) is 2.95. The highest BCUT2D eigenvalue weighted by molar-refractivity contribution is 7.90. The number of aromatic nitrogens is 4. The van der Waals surface area contributed by atoms with Gasteiger partial charge in [-0.1, -0.05) is 6.42 Å². The van der Waals surface area contributed by atoms with Crippen LogP contribution < -0.4 is 0 Å². The van der Waals surface area contributed by atoms with E-state index in [-0.39, 0.29) is 6.04 Å². The van der Waals surface area contributed by atoms with E-state index in [2.05, 4.69) is 33.3 Å². The molecule has 132 valence electrons. The van der Waals surface area contributed by atoms with Crippen LogP contribution >= 0.6 is 0 Å². The lowest BCUT2D eigenvalue weighted by Crippen LogP contribution is -2.34. The van der Waals surface area contributed by atoms with E-state index in [0.29, 0.717) is 4.90 Å². The fourth-order valence-corrected chi connectivity index (χ4v) is 4.25. The predicted octanol–water partition coefficient (Wildman–Crippen LogP) is 2.07. The zero-order valence-electron chi connectivity index (χ0n) is 14.5. The fourth-order valence-electron chi connectivity index (χ4n) is 3.42. The van der Waals surface area contributed by atoms with Crippen LogP contribution in [0.25, 0.3) is 0 Å². The van der Waals surface area contributed by atoms with Crippen molar-refractivity contribution in [3.63, 3.8) is 0 Å². The Morgan fingerprint density at radius 2 is 2.17 bits per heavy atom. The van der Waals surface area contributed by atoms with Crippen molar-refractivity contribution in [3.8, 4) is 0 Å². The minimum atomic E-state index is -3.28. The van der Waals surface area contributed by atoms with Gasteiger partial charge in [-0.2, -0.15) is 10.2 Å². The molecule has 0 bridgehead atoms. The summed E-state index contributed by atoms with van der Waals surface area (Å²) in [7, 11) is -3.28. The summed E-state index contributed by atoms with van der Waals surface area (Å²) in [5.74, 6) is 0. The zero-order valence-corrected chi connectivity index (χ0v) is 15.3. The summed E-state index contributed by atoms with van der Waals surface area (Å²) in [6, 6.07) is 0.0513. The highest BCUT2D eigenvalue weighted by atomic mass is 32.2. The number of nitrogens with zero attached hydrogens (tertiary/aromatic N) is 4. The van der Waals surface area contributed by atoms with Crippen molar-refractivity contribution in [2.75, 3.05) is 12.8 Å². The van der Waals surface area contributed by atoms with Gasteiger partial charge in [-0.25, -0.2) is 8.42 Å². The van der Waals surface area contributed by atoms with Crippen molar-refractivity contribution in [2.24, 2.45) is 0 Å². The molecule has 0 amide bonds. The van der Waals surface area contributed by atoms with E-state index in [4.69, 9.17) is 0 Å². The molecule has 3 heterocycles. The third-order valence-corrected chi connectivity index (χ3v) is 5.85. The standard InChI is InChI=1S/C16H25N5O2S/c1-4-21-11-13(12(2)19-21)10-20-8-6-5-7-14(20)16-15(9-17-18-16)24(3,22)23/h9,11,14H,4-8,10H2,1-3H3,(H,17,18)/t14-/m1/s1. The van der Waals surface area contributed by atoms with E-state index < -0.39 is 9.84 Å². The molecule has 1 saturated heterocycles. The molecule has 1 N–H and O–H groups in total. The predicted molar refractivity (Wildman–Crippen MR) is 91.3 cm³/mol. The Balaban J connectivity index is 1.89. The van der Waals surface area contributed by atoms with Gasteiger partial charge < -0.3 is 0 Å². The molecule has 1 atom stereocenters. The number of nitrogens with one attached hydrogen (secondary N) is 1. The van der Waals surface area contributed by atoms with E-state index in [0.717, 1.165) is 50.3 Å². The van der Waals surface area contributed by atoms with Crippen LogP contribution in [-0.4, -0.2) is 46.1 Å². The van der Waals surface area contributed by atoms with Gasteiger partial charge in [0, 0.05) is 31.1 Å². The quantitative estimate of drug-likeness (QED) is 0.891. The molecular formula is C16H25N5O2S. The van der Waals surface area contributed by atoms with Crippen molar-refractivity contribution < 1.29 is 8.42 Å². The van der Waals surface area contributed by atoms with E-state index in [1.807, 2.05) is 11.6 Å². The molecule has 0 radical (unpaired) electrons. The van der Waals surface area contributed by atoms with Gasteiger partial charge in [-0.15, -0.1) is 0 Å². The summed E-state index contributed by atoms with van der Waals surface area (Å²) in [4.78, 5) is 2.66. The van der Waals surface area contributed by atoms with Crippen molar-refractivity contribution >= 4 is 9.84 Å². The van der Waals surface area contributed by atoms with Crippen LogP contribution in [-0.2, 0) is 22.9 Å². The van der Waals surface area contributed by atoms with Gasteiger partial charge in [0.15, 0.2) is 9.84 Å². The Labute approximate surface area is 143 Å². The molecule has 2 aromatic rings.